The Morgan fingerprint density at radius 2 is 1.94 bits per heavy atom. The number of ether oxygens (including phenoxy) is 1. The van der Waals surface area contributed by atoms with Gasteiger partial charge in [-0.05, 0) is 67.5 Å². The Labute approximate surface area is 187 Å². The second-order valence-electron chi connectivity index (χ2n) is 8.31. The molecule has 5 amide bonds. The van der Waals surface area contributed by atoms with Gasteiger partial charge in [-0.15, -0.1) is 0 Å². The SMILES string of the molecule is COc1cccc(CC2CCN(C(=O)Nc3ccc(C)c(N4C(=O)CNC4=O)c3)CC2)c1. The van der Waals surface area contributed by atoms with Gasteiger partial charge in [0.25, 0.3) is 5.91 Å². The number of hydrogen-bond acceptors (Lipinski definition) is 4. The molecule has 2 aromatic carbocycles. The number of carbonyl (C=O) groups excluding carboxylic acids is 3. The van der Waals surface area contributed by atoms with Crippen molar-refractivity contribution in [2.45, 2.75) is 26.2 Å². The fourth-order valence-corrected chi connectivity index (χ4v) is 4.27. The lowest BCUT2D eigenvalue weighted by Crippen LogP contribution is -2.41. The van der Waals surface area contributed by atoms with Crippen LogP contribution in [0, 0.1) is 12.8 Å². The number of aryl methyl sites for hydroxylation is 1. The molecule has 0 aliphatic carbocycles. The number of methoxy groups -OCH3 is 1. The molecule has 8 heteroatoms. The molecule has 2 aliphatic heterocycles. The number of nitrogens with zero attached hydrogens (tertiary/aromatic N) is 2. The summed E-state index contributed by atoms with van der Waals surface area (Å²) in [6.07, 6.45) is 2.85. The molecule has 0 bridgehead atoms. The van der Waals surface area contributed by atoms with Crippen LogP contribution in [0.25, 0.3) is 0 Å². The smallest absolute Gasteiger partial charge is 0.329 e. The minimum absolute atomic E-state index is 0.0143. The van der Waals surface area contributed by atoms with E-state index in [0.717, 1.165) is 35.5 Å². The van der Waals surface area contributed by atoms with Crippen molar-refractivity contribution >= 4 is 29.3 Å². The van der Waals surface area contributed by atoms with Gasteiger partial charge in [-0.1, -0.05) is 18.2 Å². The number of likely N-dealkylation sites (tertiary alicyclic amines) is 1. The van der Waals surface area contributed by atoms with Crippen molar-refractivity contribution in [3.05, 3.63) is 53.6 Å². The Morgan fingerprint density at radius 3 is 2.62 bits per heavy atom. The molecule has 2 heterocycles. The molecule has 0 atom stereocenters. The Balaban J connectivity index is 1.34. The van der Waals surface area contributed by atoms with Crippen LogP contribution >= 0.6 is 0 Å². The summed E-state index contributed by atoms with van der Waals surface area (Å²) >= 11 is 0. The third-order valence-corrected chi connectivity index (χ3v) is 6.10. The highest BCUT2D eigenvalue weighted by atomic mass is 16.5. The van der Waals surface area contributed by atoms with Gasteiger partial charge in [0.15, 0.2) is 0 Å². The number of urea groups is 2. The van der Waals surface area contributed by atoms with E-state index in [-0.39, 0.29) is 18.5 Å². The Morgan fingerprint density at radius 1 is 1.16 bits per heavy atom. The van der Waals surface area contributed by atoms with Crippen LogP contribution in [0.1, 0.15) is 24.0 Å². The van der Waals surface area contributed by atoms with Crippen LogP contribution in [0.15, 0.2) is 42.5 Å². The fourth-order valence-electron chi connectivity index (χ4n) is 4.27. The summed E-state index contributed by atoms with van der Waals surface area (Å²) in [4.78, 5) is 39.8. The van der Waals surface area contributed by atoms with Crippen LogP contribution in [0.2, 0.25) is 0 Å². The topological polar surface area (TPSA) is 91.0 Å². The summed E-state index contributed by atoms with van der Waals surface area (Å²) in [5.74, 6) is 1.08. The first-order valence-electron chi connectivity index (χ1n) is 10.8. The van der Waals surface area contributed by atoms with Gasteiger partial charge in [0, 0.05) is 18.8 Å². The van der Waals surface area contributed by atoms with Gasteiger partial charge in [-0.2, -0.15) is 0 Å². The van der Waals surface area contributed by atoms with Gasteiger partial charge in [-0.3, -0.25) is 4.79 Å². The van der Waals surface area contributed by atoms with Crippen molar-refractivity contribution in [1.82, 2.24) is 10.2 Å². The Bertz CT molecular complexity index is 1010. The third kappa shape index (κ3) is 4.69. The maximum absolute atomic E-state index is 12.8. The number of amides is 5. The van der Waals surface area contributed by atoms with Gasteiger partial charge >= 0.3 is 12.1 Å². The third-order valence-electron chi connectivity index (χ3n) is 6.10. The first-order chi connectivity index (χ1) is 15.4. The van der Waals surface area contributed by atoms with E-state index in [4.69, 9.17) is 4.74 Å². The van der Waals surface area contributed by atoms with E-state index in [0.29, 0.717) is 30.4 Å². The first kappa shape index (κ1) is 21.7. The zero-order valence-electron chi connectivity index (χ0n) is 18.4. The van der Waals surface area contributed by atoms with E-state index in [1.807, 2.05) is 24.0 Å². The van der Waals surface area contributed by atoms with Gasteiger partial charge in [0.1, 0.15) is 5.75 Å². The van der Waals surface area contributed by atoms with Crippen molar-refractivity contribution in [2.24, 2.45) is 5.92 Å². The van der Waals surface area contributed by atoms with Crippen molar-refractivity contribution in [3.63, 3.8) is 0 Å². The highest BCUT2D eigenvalue weighted by molar-refractivity contribution is 6.20. The van der Waals surface area contributed by atoms with Gasteiger partial charge in [0.2, 0.25) is 0 Å². The molecule has 0 unspecified atom stereocenters. The summed E-state index contributed by atoms with van der Waals surface area (Å²) in [7, 11) is 1.67. The maximum Gasteiger partial charge on any atom is 0.329 e. The van der Waals surface area contributed by atoms with E-state index in [1.165, 1.54) is 5.56 Å². The molecule has 0 aromatic heterocycles. The van der Waals surface area contributed by atoms with E-state index < -0.39 is 6.03 Å². The second-order valence-corrected chi connectivity index (χ2v) is 8.31. The molecule has 0 saturated carbocycles. The molecule has 0 spiro atoms. The van der Waals surface area contributed by atoms with E-state index in [9.17, 15) is 14.4 Å². The number of nitrogens with one attached hydrogen (secondary N) is 2. The van der Waals surface area contributed by atoms with Crippen molar-refractivity contribution in [1.29, 1.82) is 0 Å². The summed E-state index contributed by atoms with van der Waals surface area (Å²) < 4.78 is 5.30. The molecule has 2 fully saturated rings. The number of carbonyl (C=O) groups is 3. The van der Waals surface area contributed by atoms with E-state index in [1.54, 1.807) is 25.3 Å². The zero-order chi connectivity index (χ0) is 22.7. The highest BCUT2D eigenvalue weighted by Crippen LogP contribution is 2.27. The molecule has 168 valence electrons. The van der Waals surface area contributed by atoms with Crippen LogP contribution in [0.3, 0.4) is 0 Å². The Kier molecular flexibility index (Phi) is 6.30. The maximum atomic E-state index is 12.8. The van der Waals surface area contributed by atoms with Crippen LogP contribution < -0.4 is 20.3 Å². The Hall–Kier alpha value is -3.55. The zero-order valence-corrected chi connectivity index (χ0v) is 18.4. The van der Waals surface area contributed by atoms with Crippen molar-refractivity contribution < 1.29 is 19.1 Å². The highest BCUT2D eigenvalue weighted by Gasteiger charge is 2.31. The predicted molar refractivity (Wildman–Crippen MR) is 122 cm³/mol. The van der Waals surface area contributed by atoms with Gasteiger partial charge in [0.05, 0.1) is 19.3 Å². The monoisotopic (exact) mass is 436 g/mol. The molecule has 2 N–H and O–H groups in total. The fraction of sp³-hybridized carbons (Fsp3) is 0.375. The average molecular weight is 437 g/mol. The predicted octanol–water partition coefficient (Wildman–Crippen LogP) is 3.55. The molecule has 2 aromatic rings. The lowest BCUT2D eigenvalue weighted by molar-refractivity contribution is -0.115. The summed E-state index contributed by atoms with van der Waals surface area (Å²) in [6, 6.07) is 12.8. The lowest BCUT2D eigenvalue weighted by Gasteiger charge is -2.32. The molecule has 4 rings (SSSR count). The summed E-state index contributed by atoms with van der Waals surface area (Å²) in [6.45, 7) is 3.19. The van der Waals surface area contributed by atoms with E-state index >= 15 is 0 Å². The average Bonchev–Trinajstić information content (AvgIpc) is 3.13. The molecular weight excluding hydrogens is 408 g/mol. The van der Waals surface area contributed by atoms with Gasteiger partial charge in [-0.25, -0.2) is 14.5 Å². The molecule has 0 radical (unpaired) electrons. The van der Waals surface area contributed by atoms with Crippen LogP contribution in [0.5, 0.6) is 5.75 Å². The minimum atomic E-state index is -0.445. The first-order valence-corrected chi connectivity index (χ1v) is 10.8. The normalized spacial score (nSPS) is 16.8. The number of anilines is 2. The quantitative estimate of drug-likeness (QED) is 0.702. The number of benzene rings is 2. The van der Waals surface area contributed by atoms with Gasteiger partial charge < -0.3 is 20.3 Å². The molecular formula is C24H28N4O4. The largest absolute Gasteiger partial charge is 0.497 e. The van der Waals surface area contributed by atoms with Crippen LogP contribution in [-0.4, -0.2) is 49.6 Å². The summed E-state index contributed by atoms with van der Waals surface area (Å²) in [5.41, 5.74) is 3.08. The number of rotatable bonds is 5. The molecule has 2 aliphatic rings. The lowest BCUT2D eigenvalue weighted by atomic mass is 9.90. The summed E-state index contributed by atoms with van der Waals surface area (Å²) in [5, 5.41) is 5.43. The number of imide groups is 1. The minimum Gasteiger partial charge on any atom is -0.497 e. The standard InChI is InChI=1S/C24H28N4O4/c1-16-6-7-19(14-21(16)28-22(29)15-25-23(28)30)26-24(31)27-10-8-17(9-11-27)12-18-4-3-5-20(13-18)32-2/h3-7,13-14,17H,8-12,15H2,1-2H3,(H,25,30)(H,26,31). The molecule has 32 heavy (non-hydrogen) atoms. The van der Waals surface area contributed by atoms with Crippen LogP contribution in [0.4, 0.5) is 21.0 Å². The van der Waals surface area contributed by atoms with Crippen LogP contribution in [-0.2, 0) is 11.2 Å². The van der Waals surface area contributed by atoms with Crippen molar-refractivity contribution in [2.75, 3.05) is 37.0 Å². The second kappa shape index (κ2) is 9.30. The van der Waals surface area contributed by atoms with Crippen molar-refractivity contribution in [3.8, 4) is 5.75 Å². The molecule has 8 nitrogen and oxygen atoms in total. The number of piperidine rings is 1. The molecule has 2 saturated heterocycles. The van der Waals surface area contributed by atoms with E-state index in [2.05, 4.69) is 22.8 Å². The number of hydrogen-bond donors (Lipinski definition) is 2.